The Labute approximate surface area is 186 Å². The molecule has 5 nitrogen and oxygen atoms in total. The highest BCUT2D eigenvalue weighted by Crippen LogP contribution is 2.42. The van der Waals surface area contributed by atoms with Gasteiger partial charge in [0.1, 0.15) is 29.1 Å². The van der Waals surface area contributed by atoms with Crippen molar-refractivity contribution in [3.63, 3.8) is 0 Å². The molecule has 1 aliphatic carbocycles. The largest absolute Gasteiger partial charge is 0.496 e. The summed E-state index contributed by atoms with van der Waals surface area (Å²) in [5.74, 6) is -2.59. The molecule has 0 bridgehead atoms. The molecule has 0 radical (unpaired) electrons. The maximum absolute atomic E-state index is 13.3. The lowest BCUT2D eigenvalue weighted by molar-refractivity contribution is -0.144. The Morgan fingerprint density at radius 3 is 2.16 bits per heavy atom. The fourth-order valence-corrected chi connectivity index (χ4v) is 4.43. The minimum absolute atomic E-state index is 0.00899. The molecule has 2 aromatic carbocycles. The smallest absolute Gasteiger partial charge is 0.226 e. The Kier molecular flexibility index (Phi) is 7.11. The molecule has 0 unspecified atom stereocenters. The summed E-state index contributed by atoms with van der Waals surface area (Å²) >= 11 is 6.52. The average molecular weight is 446 g/mol. The van der Waals surface area contributed by atoms with Gasteiger partial charge in [-0.15, -0.1) is 0 Å². The predicted octanol–water partition coefficient (Wildman–Crippen LogP) is 4.65. The molecular weight excluding hydrogens is 421 g/mol. The molecule has 0 heterocycles. The molecule has 3 rings (SSSR count). The van der Waals surface area contributed by atoms with Gasteiger partial charge in [0.25, 0.3) is 0 Å². The van der Waals surface area contributed by atoms with Crippen LogP contribution in [0.15, 0.2) is 36.4 Å². The Morgan fingerprint density at radius 2 is 1.65 bits per heavy atom. The van der Waals surface area contributed by atoms with Crippen molar-refractivity contribution in [1.29, 1.82) is 0 Å². The molecule has 0 atom stereocenters. The Balaban J connectivity index is 1.93. The third-order valence-corrected chi connectivity index (χ3v) is 6.05. The number of hydrogen-bond donors (Lipinski definition) is 0. The lowest BCUT2D eigenvalue weighted by Gasteiger charge is -2.30. The van der Waals surface area contributed by atoms with Crippen molar-refractivity contribution in [3.8, 4) is 16.9 Å². The van der Waals surface area contributed by atoms with Crippen LogP contribution in [0.3, 0.4) is 0 Å². The zero-order valence-electron chi connectivity index (χ0n) is 17.8. The first-order valence-electron chi connectivity index (χ1n) is 10.3. The quantitative estimate of drug-likeness (QED) is 0.607. The molecule has 31 heavy (non-hydrogen) atoms. The summed E-state index contributed by atoms with van der Waals surface area (Å²) in [4.78, 5) is 40.3. The minimum atomic E-state index is -1.06. The summed E-state index contributed by atoms with van der Waals surface area (Å²) in [5.41, 5.74) is 1.72. The molecule has 1 saturated carbocycles. The van der Waals surface area contributed by atoms with Crippen molar-refractivity contribution >= 4 is 29.1 Å². The van der Waals surface area contributed by atoms with Gasteiger partial charge in [0.2, 0.25) is 5.91 Å². The second kappa shape index (κ2) is 9.60. The van der Waals surface area contributed by atoms with E-state index in [0.717, 1.165) is 5.56 Å². The van der Waals surface area contributed by atoms with E-state index in [2.05, 4.69) is 0 Å². The second-order valence-corrected chi connectivity index (χ2v) is 7.97. The first kappa shape index (κ1) is 22.9. The highest BCUT2D eigenvalue weighted by atomic mass is 35.5. The van der Waals surface area contributed by atoms with Gasteiger partial charge in [-0.1, -0.05) is 23.7 Å². The first-order valence-corrected chi connectivity index (χ1v) is 10.7. The Hall–Kier alpha value is -2.73. The number of amides is 1. The minimum Gasteiger partial charge on any atom is -0.496 e. The second-order valence-electron chi connectivity index (χ2n) is 7.56. The molecule has 0 N–H and O–H groups in total. The van der Waals surface area contributed by atoms with Crippen LogP contribution in [0, 0.1) is 11.7 Å². The topological polar surface area (TPSA) is 63.7 Å². The molecule has 0 aliphatic heterocycles. The van der Waals surface area contributed by atoms with E-state index in [-0.39, 0.29) is 41.2 Å². The van der Waals surface area contributed by atoms with Gasteiger partial charge in [0, 0.05) is 36.5 Å². The number of benzene rings is 2. The molecule has 1 fully saturated rings. The van der Waals surface area contributed by atoms with Crippen LogP contribution in [-0.2, 0) is 14.4 Å². The summed E-state index contributed by atoms with van der Waals surface area (Å²) < 4.78 is 18.7. The number of rotatable bonds is 6. The maximum Gasteiger partial charge on any atom is 0.226 e. The van der Waals surface area contributed by atoms with Crippen LogP contribution < -0.4 is 4.74 Å². The van der Waals surface area contributed by atoms with Crippen molar-refractivity contribution < 1.29 is 23.5 Å². The third-order valence-electron chi connectivity index (χ3n) is 5.74. The van der Waals surface area contributed by atoms with Crippen molar-refractivity contribution in [2.45, 2.75) is 32.6 Å². The zero-order chi connectivity index (χ0) is 22.7. The Bertz CT molecular complexity index is 983. The van der Waals surface area contributed by atoms with E-state index in [1.54, 1.807) is 29.2 Å². The van der Waals surface area contributed by atoms with Crippen LogP contribution in [0.5, 0.6) is 5.75 Å². The molecule has 1 amide bonds. The molecule has 1 aliphatic rings. The number of ether oxygens (including phenoxy) is 1. The van der Waals surface area contributed by atoms with E-state index >= 15 is 0 Å². The van der Waals surface area contributed by atoms with E-state index < -0.39 is 11.8 Å². The zero-order valence-corrected chi connectivity index (χ0v) is 18.5. The molecule has 7 heteroatoms. The number of halogens is 2. The number of hydrogen-bond acceptors (Lipinski definition) is 4. The molecule has 0 saturated heterocycles. The molecule has 164 valence electrons. The predicted molar refractivity (Wildman–Crippen MR) is 117 cm³/mol. The standard InChI is InChI=1S/C24H25ClFNO4/c1-4-27(5-2)24(30)16-11-19(28)23(20(29)12-16)22-18(25)10-15(13-21(22)31-3)14-6-8-17(26)9-7-14/h6-10,13,16,23H,4-5,11-12H2,1-3H3. The lowest BCUT2D eigenvalue weighted by atomic mass is 9.75. The molecule has 0 aromatic heterocycles. The van der Waals surface area contributed by atoms with Gasteiger partial charge in [0.05, 0.1) is 13.0 Å². The van der Waals surface area contributed by atoms with Crippen LogP contribution in [0.2, 0.25) is 5.02 Å². The van der Waals surface area contributed by atoms with E-state index in [4.69, 9.17) is 16.3 Å². The summed E-state index contributed by atoms with van der Waals surface area (Å²) in [7, 11) is 1.44. The summed E-state index contributed by atoms with van der Waals surface area (Å²) in [6.45, 7) is 4.79. The van der Waals surface area contributed by atoms with Gasteiger partial charge >= 0.3 is 0 Å². The molecule has 0 spiro atoms. The van der Waals surface area contributed by atoms with Gasteiger partial charge in [-0.05, 0) is 49.2 Å². The van der Waals surface area contributed by atoms with Crippen LogP contribution in [-0.4, -0.2) is 42.6 Å². The fourth-order valence-electron chi connectivity index (χ4n) is 4.11. The normalized spacial score (nSPS) is 18.7. The van der Waals surface area contributed by atoms with Crippen molar-refractivity contribution in [3.05, 3.63) is 52.8 Å². The monoisotopic (exact) mass is 445 g/mol. The molecular formula is C24H25ClFNO4. The van der Waals surface area contributed by atoms with Gasteiger partial charge in [-0.2, -0.15) is 0 Å². The third kappa shape index (κ3) is 4.64. The molecule has 2 aromatic rings. The highest BCUT2D eigenvalue weighted by Gasteiger charge is 2.42. The van der Waals surface area contributed by atoms with Crippen molar-refractivity contribution in [2.75, 3.05) is 20.2 Å². The van der Waals surface area contributed by atoms with Gasteiger partial charge in [-0.25, -0.2) is 4.39 Å². The highest BCUT2D eigenvalue weighted by molar-refractivity contribution is 6.33. The maximum atomic E-state index is 13.3. The van der Waals surface area contributed by atoms with E-state index in [1.165, 1.54) is 19.2 Å². The number of nitrogens with zero attached hydrogens (tertiary/aromatic N) is 1. The number of carbonyl (C=O) groups is 3. The fraction of sp³-hybridized carbons (Fsp3) is 0.375. The lowest BCUT2D eigenvalue weighted by Crippen LogP contribution is -2.42. The number of ketones is 2. The van der Waals surface area contributed by atoms with E-state index in [1.807, 2.05) is 13.8 Å². The van der Waals surface area contributed by atoms with Crippen LogP contribution in [0.4, 0.5) is 4.39 Å². The van der Waals surface area contributed by atoms with Gasteiger partial charge < -0.3 is 9.64 Å². The summed E-state index contributed by atoms with van der Waals surface area (Å²) in [6.07, 6.45) is -0.0180. The average Bonchev–Trinajstić information content (AvgIpc) is 2.75. The Morgan fingerprint density at radius 1 is 1.06 bits per heavy atom. The van der Waals surface area contributed by atoms with Crippen molar-refractivity contribution in [2.24, 2.45) is 5.92 Å². The number of carbonyl (C=O) groups excluding carboxylic acids is 3. The SMILES string of the molecule is CCN(CC)C(=O)C1CC(=O)C(c2c(Cl)cc(-c3ccc(F)cc3)cc2OC)C(=O)C1. The van der Waals surface area contributed by atoms with Gasteiger partial charge in [-0.3, -0.25) is 14.4 Å². The van der Waals surface area contributed by atoms with Crippen molar-refractivity contribution in [1.82, 2.24) is 4.90 Å². The number of Topliss-reactive ketones (excluding diaryl/α,β-unsaturated/α-hetero) is 2. The van der Waals surface area contributed by atoms with Crippen LogP contribution >= 0.6 is 11.6 Å². The first-order chi connectivity index (χ1) is 14.8. The van der Waals surface area contributed by atoms with Crippen LogP contribution in [0.1, 0.15) is 38.2 Å². The number of methoxy groups -OCH3 is 1. The van der Waals surface area contributed by atoms with Crippen LogP contribution in [0.25, 0.3) is 11.1 Å². The van der Waals surface area contributed by atoms with E-state index in [0.29, 0.717) is 30.0 Å². The summed E-state index contributed by atoms with van der Waals surface area (Å²) in [5, 5.41) is 0.221. The van der Waals surface area contributed by atoms with E-state index in [9.17, 15) is 18.8 Å². The van der Waals surface area contributed by atoms with Gasteiger partial charge in [0.15, 0.2) is 0 Å². The summed E-state index contributed by atoms with van der Waals surface area (Å²) in [6, 6.07) is 9.22.